The molecule has 0 amide bonds. The molecule has 0 aliphatic rings. The van der Waals surface area contributed by atoms with E-state index in [9.17, 15) is 4.79 Å². The SMILES string of the molecule is CC(C)(C)OC(=O)C(c1ccccc1)=c1sc(=C(O)O)s1. The Balaban J connectivity index is 2.54. The van der Waals surface area contributed by atoms with Crippen LogP contribution in [0.25, 0.3) is 11.5 Å². The summed E-state index contributed by atoms with van der Waals surface area (Å²) in [6.45, 7) is 5.43. The molecule has 21 heavy (non-hydrogen) atoms. The van der Waals surface area contributed by atoms with E-state index in [0.29, 0.717) is 13.3 Å². The molecule has 2 aromatic rings. The molecule has 0 aliphatic carbocycles. The first-order chi connectivity index (χ1) is 9.78. The van der Waals surface area contributed by atoms with Crippen molar-refractivity contribution >= 4 is 40.2 Å². The predicted octanol–water partition coefficient (Wildman–Crippen LogP) is 2.53. The highest BCUT2D eigenvalue weighted by Crippen LogP contribution is 2.18. The Labute approximate surface area is 130 Å². The van der Waals surface area contributed by atoms with E-state index in [1.165, 1.54) is 0 Å². The Hall–Kier alpha value is -1.79. The highest BCUT2D eigenvalue weighted by atomic mass is 32.2. The average molecular weight is 324 g/mol. The monoisotopic (exact) mass is 324 g/mol. The van der Waals surface area contributed by atoms with Gasteiger partial charge in [-0.1, -0.05) is 30.3 Å². The van der Waals surface area contributed by atoms with Crippen molar-refractivity contribution < 1.29 is 19.7 Å². The van der Waals surface area contributed by atoms with Gasteiger partial charge in [0.05, 0.1) is 9.42 Å². The number of ether oxygens (including phenoxy) is 1. The third-order valence-corrected chi connectivity index (χ3v) is 4.94. The second-order valence-electron chi connectivity index (χ2n) is 5.35. The Bertz CT molecular complexity index is 726. The lowest BCUT2D eigenvalue weighted by Gasteiger charge is -2.20. The molecule has 0 radical (unpaired) electrons. The van der Waals surface area contributed by atoms with Crippen LogP contribution in [-0.2, 0) is 9.53 Å². The second-order valence-corrected chi connectivity index (χ2v) is 7.90. The standard InChI is InChI=1S/C15H16O4S2/c1-15(2,3)19-12(18)10(9-7-5-4-6-8-9)13-20-14(21-13)11(16)17/h4-8,16-17H,1-3H3. The van der Waals surface area contributed by atoms with Gasteiger partial charge in [0.1, 0.15) is 5.60 Å². The molecule has 0 bridgehead atoms. The molecule has 0 unspecified atom stereocenters. The highest BCUT2D eigenvalue weighted by molar-refractivity contribution is 7.36. The highest BCUT2D eigenvalue weighted by Gasteiger charge is 2.23. The third kappa shape index (κ3) is 3.86. The maximum atomic E-state index is 12.4. The quantitative estimate of drug-likeness (QED) is 0.833. The lowest BCUT2D eigenvalue weighted by atomic mass is 10.1. The van der Waals surface area contributed by atoms with Crippen LogP contribution in [0.1, 0.15) is 26.3 Å². The van der Waals surface area contributed by atoms with Crippen molar-refractivity contribution in [3.8, 4) is 0 Å². The number of esters is 1. The molecular formula is C15H16O4S2. The van der Waals surface area contributed by atoms with Crippen LogP contribution in [0, 0.1) is 0 Å². The normalized spacial score (nSPS) is 11.2. The average Bonchev–Trinajstić information content (AvgIpc) is 2.31. The smallest absolute Gasteiger partial charge is 0.341 e. The number of rotatable bonds is 2. The Morgan fingerprint density at radius 2 is 1.62 bits per heavy atom. The zero-order valence-corrected chi connectivity index (χ0v) is 13.5. The van der Waals surface area contributed by atoms with Gasteiger partial charge in [-0.05, 0) is 26.3 Å². The lowest BCUT2D eigenvalue weighted by Crippen LogP contribution is -2.28. The van der Waals surface area contributed by atoms with Crippen molar-refractivity contribution in [1.29, 1.82) is 0 Å². The van der Waals surface area contributed by atoms with Crippen LogP contribution in [0.5, 0.6) is 0 Å². The molecule has 2 N–H and O–H groups in total. The maximum Gasteiger partial charge on any atom is 0.341 e. The summed E-state index contributed by atoms with van der Waals surface area (Å²) in [5, 5.41) is 18.0. The summed E-state index contributed by atoms with van der Waals surface area (Å²) in [5.41, 5.74) is 0.609. The molecule has 0 spiro atoms. The van der Waals surface area contributed by atoms with Crippen LogP contribution in [0.4, 0.5) is 0 Å². The predicted molar refractivity (Wildman–Crippen MR) is 84.9 cm³/mol. The van der Waals surface area contributed by atoms with Gasteiger partial charge in [-0.25, -0.2) is 4.79 Å². The molecule has 6 heteroatoms. The second kappa shape index (κ2) is 5.91. The van der Waals surface area contributed by atoms with Gasteiger partial charge in [0.15, 0.2) is 3.85 Å². The summed E-state index contributed by atoms with van der Waals surface area (Å²) in [7, 11) is 0. The van der Waals surface area contributed by atoms with Crippen LogP contribution in [0.3, 0.4) is 0 Å². The van der Waals surface area contributed by atoms with E-state index in [0.717, 1.165) is 28.2 Å². The summed E-state index contributed by atoms with van der Waals surface area (Å²) in [6, 6.07) is 9.21. The van der Waals surface area contributed by atoms with Crippen molar-refractivity contribution in [3.63, 3.8) is 0 Å². The minimum absolute atomic E-state index is 0.377. The molecule has 1 aromatic heterocycles. The Kier molecular flexibility index (Phi) is 4.39. The van der Waals surface area contributed by atoms with Crippen LogP contribution in [-0.4, -0.2) is 21.8 Å². The fourth-order valence-corrected chi connectivity index (χ4v) is 3.51. The number of aliphatic hydroxyl groups is 2. The van der Waals surface area contributed by atoms with E-state index < -0.39 is 17.5 Å². The minimum Gasteiger partial charge on any atom is -0.479 e. The van der Waals surface area contributed by atoms with Gasteiger partial charge in [-0.15, -0.1) is 22.7 Å². The lowest BCUT2D eigenvalue weighted by molar-refractivity contribution is -0.147. The van der Waals surface area contributed by atoms with Crippen molar-refractivity contribution in [1.82, 2.24) is 0 Å². The van der Waals surface area contributed by atoms with Crippen molar-refractivity contribution in [2.75, 3.05) is 0 Å². The molecule has 2 rings (SSSR count). The summed E-state index contributed by atoms with van der Waals surface area (Å²) < 4.78 is 6.52. The molecule has 0 fully saturated rings. The molecule has 0 saturated carbocycles. The zero-order valence-electron chi connectivity index (χ0n) is 11.9. The summed E-state index contributed by atoms with van der Waals surface area (Å²) in [4.78, 5) is 12.4. The maximum absolute atomic E-state index is 12.4. The van der Waals surface area contributed by atoms with E-state index in [2.05, 4.69) is 0 Å². The van der Waals surface area contributed by atoms with Gasteiger partial charge in [-0.3, -0.25) is 0 Å². The first kappa shape index (κ1) is 15.6. The largest absolute Gasteiger partial charge is 0.479 e. The van der Waals surface area contributed by atoms with E-state index in [-0.39, 0.29) is 0 Å². The van der Waals surface area contributed by atoms with Crippen LogP contribution in [0.15, 0.2) is 30.3 Å². The van der Waals surface area contributed by atoms with E-state index >= 15 is 0 Å². The summed E-state index contributed by atoms with van der Waals surface area (Å²) >= 11 is 2.32. The van der Waals surface area contributed by atoms with Crippen molar-refractivity contribution in [2.45, 2.75) is 26.4 Å². The molecule has 0 saturated heterocycles. The molecule has 0 aliphatic heterocycles. The fraction of sp³-hybridized carbons (Fsp3) is 0.267. The third-order valence-electron chi connectivity index (χ3n) is 2.42. The Morgan fingerprint density at radius 1 is 1.05 bits per heavy atom. The van der Waals surface area contributed by atoms with E-state index in [1.54, 1.807) is 0 Å². The molecule has 1 heterocycles. The first-order valence-corrected chi connectivity index (χ1v) is 7.92. The van der Waals surface area contributed by atoms with Crippen molar-refractivity contribution in [3.05, 3.63) is 43.6 Å². The molecule has 1 aromatic carbocycles. The zero-order chi connectivity index (χ0) is 15.6. The fourth-order valence-electron chi connectivity index (χ4n) is 1.62. The number of hydrogen-bond acceptors (Lipinski definition) is 6. The van der Waals surface area contributed by atoms with E-state index in [4.69, 9.17) is 14.9 Å². The van der Waals surface area contributed by atoms with E-state index in [1.807, 2.05) is 51.1 Å². The van der Waals surface area contributed by atoms with Gasteiger partial charge in [-0.2, -0.15) is 0 Å². The molecular weight excluding hydrogens is 308 g/mol. The topological polar surface area (TPSA) is 66.8 Å². The molecule has 0 atom stereocenters. The van der Waals surface area contributed by atoms with Gasteiger partial charge < -0.3 is 14.9 Å². The molecule has 112 valence electrons. The van der Waals surface area contributed by atoms with Crippen LogP contribution < -0.4 is 7.69 Å². The summed E-state index contributed by atoms with van der Waals surface area (Å²) in [5.74, 6) is -1.13. The Morgan fingerprint density at radius 3 is 2.10 bits per heavy atom. The van der Waals surface area contributed by atoms with Gasteiger partial charge in [0.25, 0.3) is 0 Å². The molecule has 4 nitrogen and oxygen atoms in total. The minimum atomic E-state index is -0.717. The number of aliphatic hydroxyl groups excluding tert-OH is 1. The van der Waals surface area contributed by atoms with Gasteiger partial charge >= 0.3 is 11.9 Å². The van der Waals surface area contributed by atoms with Gasteiger partial charge in [0, 0.05) is 0 Å². The number of carbonyl (C=O) groups excluding carboxylic acids is 1. The summed E-state index contributed by atoms with van der Waals surface area (Å²) in [6.07, 6.45) is 0. The number of benzene rings is 1. The van der Waals surface area contributed by atoms with Crippen LogP contribution in [0.2, 0.25) is 0 Å². The van der Waals surface area contributed by atoms with Gasteiger partial charge in [0.2, 0.25) is 0 Å². The van der Waals surface area contributed by atoms with Crippen LogP contribution >= 0.6 is 22.7 Å². The first-order valence-electron chi connectivity index (χ1n) is 6.29. The number of hydrogen-bond donors (Lipinski definition) is 2. The number of carbonyl (C=O) groups is 1. The van der Waals surface area contributed by atoms with Crippen molar-refractivity contribution in [2.24, 2.45) is 0 Å².